The van der Waals surface area contributed by atoms with Gasteiger partial charge in [0.25, 0.3) is 5.91 Å². The van der Waals surface area contributed by atoms with E-state index in [-0.39, 0.29) is 10.8 Å². The van der Waals surface area contributed by atoms with E-state index in [2.05, 4.69) is 17.4 Å². The van der Waals surface area contributed by atoms with Crippen LogP contribution in [0.3, 0.4) is 0 Å². The smallest absolute Gasteiger partial charge is 0.265 e. The fraction of sp³-hybridized carbons (Fsp3) is 0.227. The van der Waals surface area contributed by atoms with Crippen LogP contribution in [-0.4, -0.2) is 32.7 Å². The molecule has 0 saturated heterocycles. The summed E-state index contributed by atoms with van der Waals surface area (Å²) < 4.78 is 26.0. The summed E-state index contributed by atoms with van der Waals surface area (Å²) in [6.07, 6.45) is 1.90. The first-order valence-corrected chi connectivity index (χ1v) is 11.6. The van der Waals surface area contributed by atoms with Gasteiger partial charge < -0.3 is 5.32 Å². The van der Waals surface area contributed by atoms with Gasteiger partial charge in [-0.25, -0.2) is 12.7 Å². The molecule has 0 atom stereocenters. The van der Waals surface area contributed by atoms with Crippen molar-refractivity contribution in [1.82, 2.24) is 4.31 Å². The normalized spacial score (nSPS) is 13.1. The Morgan fingerprint density at radius 2 is 1.76 bits per heavy atom. The van der Waals surface area contributed by atoms with E-state index in [1.807, 2.05) is 25.1 Å². The zero-order chi connectivity index (χ0) is 20.8. The Morgan fingerprint density at radius 3 is 2.52 bits per heavy atom. The lowest BCUT2D eigenvalue weighted by Crippen LogP contribution is -2.22. The monoisotopic (exact) mass is 426 g/mol. The van der Waals surface area contributed by atoms with Crippen LogP contribution in [0.5, 0.6) is 0 Å². The van der Waals surface area contributed by atoms with Gasteiger partial charge in [0.15, 0.2) is 0 Å². The lowest BCUT2D eigenvalue weighted by atomic mass is 9.91. The number of anilines is 1. The maximum atomic E-state index is 12.9. The molecule has 150 valence electrons. The van der Waals surface area contributed by atoms with E-state index in [9.17, 15) is 13.2 Å². The number of nitrogens with zero attached hydrogens (tertiary/aromatic N) is 1. The van der Waals surface area contributed by atoms with E-state index in [4.69, 9.17) is 0 Å². The molecule has 2 aromatic carbocycles. The molecule has 29 heavy (non-hydrogen) atoms. The highest BCUT2D eigenvalue weighted by molar-refractivity contribution is 7.89. The second-order valence-electron chi connectivity index (χ2n) is 7.34. The van der Waals surface area contributed by atoms with Gasteiger partial charge >= 0.3 is 0 Å². The number of carbonyl (C=O) groups excluding carboxylic acids is 1. The molecule has 0 bridgehead atoms. The molecule has 7 heteroatoms. The summed E-state index contributed by atoms with van der Waals surface area (Å²) >= 11 is 1.49. The molecule has 1 N–H and O–H groups in total. The molecule has 0 unspecified atom stereocenters. The van der Waals surface area contributed by atoms with Gasteiger partial charge in [0, 0.05) is 24.7 Å². The number of fused-ring (bicyclic) bond motifs is 3. The molecule has 0 radical (unpaired) electrons. The summed E-state index contributed by atoms with van der Waals surface area (Å²) in [6.45, 7) is 1.84. The molecule has 1 heterocycles. The zero-order valence-corrected chi connectivity index (χ0v) is 18.2. The van der Waals surface area contributed by atoms with E-state index >= 15 is 0 Å². The van der Waals surface area contributed by atoms with E-state index < -0.39 is 10.0 Å². The van der Waals surface area contributed by atoms with E-state index in [1.54, 1.807) is 12.1 Å². The summed E-state index contributed by atoms with van der Waals surface area (Å²) in [7, 11) is -0.593. The van der Waals surface area contributed by atoms with E-state index in [0.717, 1.165) is 27.6 Å². The van der Waals surface area contributed by atoms with Crippen molar-refractivity contribution < 1.29 is 13.2 Å². The number of thiophene rings is 1. The average molecular weight is 427 g/mol. The zero-order valence-electron chi connectivity index (χ0n) is 16.5. The third kappa shape index (κ3) is 3.61. The van der Waals surface area contributed by atoms with Crippen molar-refractivity contribution in [2.24, 2.45) is 0 Å². The van der Waals surface area contributed by atoms with E-state index in [0.29, 0.717) is 10.6 Å². The van der Waals surface area contributed by atoms with Crippen molar-refractivity contribution in [3.05, 3.63) is 70.1 Å². The lowest BCUT2D eigenvalue weighted by molar-refractivity contribution is 0.103. The molecule has 1 aliphatic carbocycles. The van der Waals surface area contributed by atoms with Crippen molar-refractivity contribution in [3.8, 4) is 10.4 Å². The Balaban J connectivity index is 1.64. The number of nitrogens with one attached hydrogen (secondary N) is 1. The molecule has 1 amide bonds. The van der Waals surface area contributed by atoms with Crippen molar-refractivity contribution in [1.29, 1.82) is 0 Å². The molecule has 5 nitrogen and oxygen atoms in total. The van der Waals surface area contributed by atoms with E-state index in [1.165, 1.54) is 48.2 Å². The van der Waals surface area contributed by atoms with Gasteiger partial charge in [-0.2, -0.15) is 0 Å². The lowest BCUT2D eigenvalue weighted by Gasteiger charge is -2.15. The first-order chi connectivity index (χ1) is 13.8. The quantitative estimate of drug-likeness (QED) is 0.675. The number of sulfonamides is 1. The second-order valence-corrected chi connectivity index (χ2v) is 10.5. The summed E-state index contributed by atoms with van der Waals surface area (Å²) in [4.78, 5) is 14.9. The minimum absolute atomic E-state index is 0.155. The van der Waals surface area contributed by atoms with Gasteiger partial charge in [-0.3, -0.25) is 4.79 Å². The maximum absolute atomic E-state index is 12.9. The molecule has 3 aromatic rings. The Bertz CT molecular complexity index is 1210. The molecular weight excluding hydrogens is 404 g/mol. The summed E-state index contributed by atoms with van der Waals surface area (Å²) in [5, 5.41) is 2.90. The molecule has 4 rings (SSSR count). The molecule has 0 aliphatic heterocycles. The van der Waals surface area contributed by atoms with Crippen LogP contribution in [0.25, 0.3) is 10.4 Å². The molecule has 1 aromatic heterocycles. The van der Waals surface area contributed by atoms with Crippen molar-refractivity contribution in [2.75, 3.05) is 19.4 Å². The van der Waals surface area contributed by atoms with Crippen LogP contribution in [0.1, 0.15) is 26.4 Å². The molecular formula is C22H22N2O3S2. The molecule has 0 saturated carbocycles. The van der Waals surface area contributed by atoms with Crippen LogP contribution in [0, 0.1) is 6.92 Å². The second kappa shape index (κ2) is 7.40. The van der Waals surface area contributed by atoms with Crippen molar-refractivity contribution in [2.45, 2.75) is 24.7 Å². The Morgan fingerprint density at radius 1 is 1.03 bits per heavy atom. The fourth-order valence-electron chi connectivity index (χ4n) is 3.47. The minimum atomic E-state index is -3.57. The summed E-state index contributed by atoms with van der Waals surface area (Å²) in [5.41, 5.74) is 5.02. The van der Waals surface area contributed by atoms with Gasteiger partial charge in [0.2, 0.25) is 10.0 Å². The van der Waals surface area contributed by atoms with Crippen LogP contribution in [0.2, 0.25) is 0 Å². The van der Waals surface area contributed by atoms with Crippen LogP contribution < -0.4 is 5.32 Å². The summed E-state index contributed by atoms with van der Waals surface area (Å²) in [5.74, 6) is -0.218. The number of carbonyl (C=O) groups is 1. The number of aryl methyl sites for hydroxylation is 3. The van der Waals surface area contributed by atoms with Gasteiger partial charge in [0.05, 0.1) is 9.77 Å². The van der Waals surface area contributed by atoms with Crippen LogP contribution in [0.15, 0.2) is 53.4 Å². The maximum Gasteiger partial charge on any atom is 0.265 e. The third-order valence-electron chi connectivity index (χ3n) is 5.19. The molecule has 0 spiro atoms. The number of benzene rings is 2. The highest BCUT2D eigenvalue weighted by atomic mass is 32.2. The number of hydrogen-bond acceptors (Lipinski definition) is 4. The molecule has 0 fully saturated rings. The molecule has 1 aliphatic rings. The van der Waals surface area contributed by atoms with Gasteiger partial charge in [-0.05, 0) is 60.2 Å². The summed E-state index contributed by atoms with van der Waals surface area (Å²) in [6, 6.07) is 15.0. The predicted octanol–water partition coefficient (Wildman–Crippen LogP) is 4.32. The standard InChI is InChI=1S/C22H22N2O3S2/c1-14-8-11-17(29(26,27)24(2)3)13-19(14)23-22(25)20-12-16-10-9-15-6-4-5-7-18(15)21(16)28-20/h4-8,11-13H,9-10H2,1-3H3,(H,23,25). The highest BCUT2D eigenvalue weighted by Crippen LogP contribution is 2.39. The third-order valence-corrected chi connectivity index (χ3v) is 8.21. The Kier molecular flexibility index (Phi) is 5.06. The Labute approximate surface area is 175 Å². The minimum Gasteiger partial charge on any atom is -0.321 e. The fourth-order valence-corrected chi connectivity index (χ4v) is 5.57. The van der Waals surface area contributed by atoms with Gasteiger partial charge in [0.1, 0.15) is 0 Å². The number of amides is 1. The first-order valence-electron chi connectivity index (χ1n) is 9.33. The van der Waals surface area contributed by atoms with Gasteiger partial charge in [-0.1, -0.05) is 30.3 Å². The van der Waals surface area contributed by atoms with Crippen LogP contribution in [-0.2, 0) is 22.9 Å². The Hall–Kier alpha value is -2.48. The SMILES string of the molecule is Cc1ccc(S(=O)(=O)N(C)C)cc1NC(=O)c1cc2c(s1)-c1ccccc1CC2. The van der Waals surface area contributed by atoms with Crippen molar-refractivity contribution >= 4 is 33.0 Å². The predicted molar refractivity (Wildman–Crippen MR) is 117 cm³/mol. The largest absolute Gasteiger partial charge is 0.321 e. The van der Waals surface area contributed by atoms with Crippen LogP contribution in [0.4, 0.5) is 5.69 Å². The topological polar surface area (TPSA) is 66.5 Å². The van der Waals surface area contributed by atoms with Crippen LogP contribution >= 0.6 is 11.3 Å². The average Bonchev–Trinajstić information content (AvgIpc) is 3.14. The number of rotatable bonds is 4. The first kappa shape index (κ1) is 19.8. The van der Waals surface area contributed by atoms with Gasteiger partial charge in [-0.15, -0.1) is 11.3 Å². The highest BCUT2D eigenvalue weighted by Gasteiger charge is 2.23. The van der Waals surface area contributed by atoms with Crippen molar-refractivity contribution in [3.63, 3.8) is 0 Å². The number of hydrogen-bond donors (Lipinski definition) is 1.